The fraction of sp³-hybridized carbons (Fsp3) is 0.833. The third kappa shape index (κ3) is 3.48. The Labute approximate surface area is 154 Å². The summed E-state index contributed by atoms with van der Waals surface area (Å²) in [6, 6.07) is 0. The van der Waals surface area contributed by atoms with Crippen LogP contribution in [0.3, 0.4) is 0 Å². The number of halogens is 16. The molecule has 178 valence electrons. The van der Waals surface area contributed by atoms with Crippen LogP contribution in [-0.2, 0) is 9.59 Å². The molecule has 0 heterocycles. The highest BCUT2D eigenvalue weighted by molar-refractivity contribution is 5.52. The van der Waals surface area contributed by atoms with Crippen molar-refractivity contribution in [3.8, 4) is 0 Å². The van der Waals surface area contributed by atoms with Crippen molar-refractivity contribution in [1.29, 1.82) is 0 Å². The monoisotopic (exact) mass is 486 g/mol. The van der Waals surface area contributed by atoms with Crippen molar-refractivity contribution < 1.29 is 79.8 Å². The van der Waals surface area contributed by atoms with E-state index in [-0.39, 0.29) is 0 Å². The molecule has 0 aliphatic carbocycles. The predicted molar refractivity (Wildman–Crippen MR) is 60.9 cm³/mol. The molecule has 0 rings (SSSR count). The van der Waals surface area contributed by atoms with E-state index in [0.29, 0.717) is 0 Å². The maximum atomic E-state index is 13.3. The van der Waals surface area contributed by atoms with Gasteiger partial charge in [-0.05, 0) is 0 Å². The van der Waals surface area contributed by atoms with Gasteiger partial charge < -0.3 is 9.59 Å². The van der Waals surface area contributed by atoms with E-state index in [4.69, 9.17) is 0 Å². The first-order chi connectivity index (χ1) is 12.9. The van der Waals surface area contributed by atoms with Crippen LogP contribution in [0.4, 0.5) is 70.2 Å². The van der Waals surface area contributed by atoms with E-state index in [1.54, 1.807) is 0 Å². The lowest BCUT2D eigenvalue weighted by molar-refractivity contribution is -0.452. The van der Waals surface area contributed by atoms with Crippen LogP contribution < -0.4 is 0 Å². The lowest BCUT2D eigenvalue weighted by atomic mass is 9.86. The molecule has 0 atom stereocenters. The van der Waals surface area contributed by atoms with Crippen molar-refractivity contribution in [2.24, 2.45) is 0 Å². The first kappa shape index (κ1) is 28.2. The van der Waals surface area contributed by atoms with Crippen LogP contribution in [0.1, 0.15) is 12.8 Å². The van der Waals surface area contributed by atoms with Gasteiger partial charge in [0, 0.05) is 0 Å². The minimum atomic E-state index is -8.53. The Morgan fingerprint density at radius 3 is 0.700 bits per heavy atom. The molecule has 0 aromatic heterocycles. The Bertz CT molecular complexity index is 597. The summed E-state index contributed by atoms with van der Waals surface area (Å²) in [5, 5.41) is 0. The number of hydrogen-bond acceptors (Lipinski definition) is 2. The quantitative estimate of drug-likeness (QED) is 0.296. The molecular formula is C12H6F16O2. The summed E-state index contributed by atoms with van der Waals surface area (Å²) in [6.45, 7) is 0. The van der Waals surface area contributed by atoms with Crippen LogP contribution >= 0.6 is 0 Å². The Morgan fingerprint density at radius 1 is 0.367 bits per heavy atom. The van der Waals surface area contributed by atoms with Gasteiger partial charge >= 0.3 is 47.4 Å². The lowest BCUT2D eigenvalue weighted by Crippen LogP contribution is -2.74. The molecule has 0 aromatic rings. The summed E-state index contributed by atoms with van der Waals surface area (Å²) in [6.07, 6.45) is -8.66. The van der Waals surface area contributed by atoms with E-state index >= 15 is 0 Å². The van der Waals surface area contributed by atoms with Gasteiger partial charge in [0.2, 0.25) is 0 Å². The van der Waals surface area contributed by atoms with Gasteiger partial charge in [-0.1, -0.05) is 0 Å². The second kappa shape index (κ2) is 7.42. The van der Waals surface area contributed by atoms with Gasteiger partial charge in [-0.15, -0.1) is 0 Å². The summed E-state index contributed by atoms with van der Waals surface area (Å²) in [7, 11) is 0. The van der Waals surface area contributed by atoms with Crippen LogP contribution in [0.2, 0.25) is 0 Å². The minimum Gasteiger partial charge on any atom is -0.303 e. The van der Waals surface area contributed by atoms with Crippen molar-refractivity contribution in [3.63, 3.8) is 0 Å². The van der Waals surface area contributed by atoms with E-state index < -0.39 is 72.8 Å². The zero-order chi connectivity index (χ0) is 24.8. The predicted octanol–water partition coefficient (Wildman–Crippen LogP) is 5.25. The molecule has 0 aliphatic heterocycles. The fourth-order valence-corrected chi connectivity index (χ4v) is 1.71. The van der Waals surface area contributed by atoms with Crippen LogP contribution in [0.5, 0.6) is 0 Å². The van der Waals surface area contributed by atoms with Gasteiger partial charge in [-0.25, -0.2) is 0 Å². The summed E-state index contributed by atoms with van der Waals surface area (Å²) in [5.74, 6) is -62.3. The summed E-state index contributed by atoms with van der Waals surface area (Å²) < 4.78 is 210. The maximum absolute atomic E-state index is 13.3. The Balaban J connectivity index is 6.73. The van der Waals surface area contributed by atoms with E-state index in [1.807, 2.05) is 0 Å². The molecular weight excluding hydrogens is 480 g/mol. The van der Waals surface area contributed by atoms with E-state index in [9.17, 15) is 79.8 Å². The summed E-state index contributed by atoms with van der Waals surface area (Å²) >= 11 is 0. The van der Waals surface area contributed by atoms with Crippen molar-refractivity contribution in [2.45, 2.75) is 60.2 Å². The first-order valence-corrected chi connectivity index (χ1v) is 6.77. The van der Waals surface area contributed by atoms with E-state index in [2.05, 4.69) is 0 Å². The molecule has 0 fully saturated rings. The van der Waals surface area contributed by atoms with Crippen molar-refractivity contribution >= 4 is 12.6 Å². The molecule has 0 aliphatic rings. The van der Waals surface area contributed by atoms with Crippen molar-refractivity contribution in [1.82, 2.24) is 0 Å². The van der Waals surface area contributed by atoms with E-state index in [0.717, 1.165) is 0 Å². The highest BCUT2D eigenvalue weighted by atomic mass is 19.4. The topological polar surface area (TPSA) is 34.1 Å². The van der Waals surface area contributed by atoms with Gasteiger partial charge in [-0.2, -0.15) is 70.2 Å². The molecule has 0 N–H and O–H groups in total. The SMILES string of the molecule is O=CCC(F)(F)C(F)(F)C(F)(F)C(F)(F)C(F)(F)C(F)(F)C(F)(F)C(F)(F)CC=O. The summed E-state index contributed by atoms with van der Waals surface area (Å²) in [5.41, 5.74) is 0. The number of carbonyl (C=O) groups excluding carboxylic acids is 2. The third-order valence-corrected chi connectivity index (χ3v) is 3.57. The fourth-order valence-electron chi connectivity index (χ4n) is 1.71. The van der Waals surface area contributed by atoms with Crippen molar-refractivity contribution in [2.75, 3.05) is 0 Å². The average Bonchev–Trinajstić information content (AvgIpc) is 2.53. The van der Waals surface area contributed by atoms with Crippen LogP contribution in [-0.4, -0.2) is 60.0 Å². The molecule has 0 bridgehead atoms. The Kier molecular flexibility index (Phi) is 6.98. The zero-order valence-electron chi connectivity index (χ0n) is 13.4. The smallest absolute Gasteiger partial charge is 0.303 e. The molecule has 0 spiro atoms. The van der Waals surface area contributed by atoms with Gasteiger partial charge in [0.1, 0.15) is 12.6 Å². The third-order valence-electron chi connectivity index (χ3n) is 3.57. The lowest BCUT2D eigenvalue weighted by Gasteiger charge is -2.43. The van der Waals surface area contributed by atoms with Gasteiger partial charge in [0.15, 0.2) is 0 Å². The van der Waals surface area contributed by atoms with Crippen molar-refractivity contribution in [3.05, 3.63) is 0 Å². The molecule has 0 aromatic carbocycles. The normalized spacial score (nSPS) is 15.9. The van der Waals surface area contributed by atoms with Gasteiger partial charge in [0.05, 0.1) is 12.8 Å². The average molecular weight is 486 g/mol. The molecule has 2 nitrogen and oxygen atoms in total. The highest BCUT2D eigenvalue weighted by Gasteiger charge is 2.94. The molecule has 0 radical (unpaired) electrons. The number of aldehydes is 2. The molecule has 0 unspecified atom stereocenters. The standard InChI is InChI=1S/C12H6F16O2/c13-5(14,1-3-29)7(17,18)9(21,22)11(25,26)12(27,28)10(23,24)8(19,20)6(15,16)2-4-30/h3-4H,1-2H2. The maximum Gasteiger partial charge on any atom is 0.384 e. The Hall–Kier alpha value is -1.78. The second-order valence-electron chi connectivity index (χ2n) is 5.60. The van der Waals surface area contributed by atoms with Gasteiger partial charge in [-0.3, -0.25) is 0 Å². The first-order valence-electron chi connectivity index (χ1n) is 6.77. The van der Waals surface area contributed by atoms with Crippen LogP contribution in [0.25, 0.3) is 0 Å². The highest BCUT2D eigenvalue weighted by Crippen LogP contribution is 2.64. The molecule has 0 saturated heterocycles. The number of carbonyl (C=O) groups is 2. The molecule has 18 heteroatoms. The largest absolute Gasteiger partial charge is 0.384 e. The van der Waals surface area contributed by atoms with E-state index in [1.165, 1.54) is 0 Å². The Morgan fingerprint density at radius 2 is 0.533 bits per heavy atom. The number of rotatable bonds is 11. The minimum absolute atomic E-state index is 1.29. The van der Waals surface area contributed by atoms with Crippen LogP contribution in [0.15, 0.2) is 0 Å². The van der Waals surface area contributed by atoms with Gasteiger partial charge in [0.25, 0.3) is 0 Å². The molecule has 0 amide bonds. The molecule has 0 saturated carbocycles. The summed E-state index contributed by atoms with van der Waals surface area (Å²) in [4.78, 5) is 19.6. The number of alkyl halides is 16. The number of hydrogen-bond donors (Lipinski definition) is 0. The van der Waals surface area contributed by atoms with Crippen LogP contribution in [0, 0.1) is 0 Å². The molecule has 30 heavy (non-hydrogen) atoms. The zero-order valence-corrected chi connectivity index (χ0v) is 13.4. The second-order valence-corrected chi connectivity index (χ2v) is 5.60.